The van der Waals surface area contributed by atoms with Crippen molar-refractivity contribution in [1.82, 2.24) is 20.4 Å². The lowest BCUT2D eigenvalue weighted by atomic mass is 9.88. The molecule has 17 heavy (non-hydrogen) atoms. The quantitative estimate of drug-likeness (QED) is 0.628. The second-order valence-electron chi connectivity index (χ2n) is 4.66. The zero-order chi connectivity index (χ0) is 12.3. The number of carboxylic acids is 1. The summed E-state index contributed by atoms with van der Waals surface area (Å²) in [6.07, 6.45) is 3.96. The van der Waals surface area contributed by atoms with Crippen LogP contribution in [0.3, 0.4) is 0 Å². The first-order valence-corrected chi connectivity index (χ1v) is 5.76. The van der Waals surface area contributed by atoms with Crippen molar-refractivity contribution in [1.29, 1.82) is 0 Å². The highest BCUT2D eigenvalue weighted by Crippen LogP contribution is 2.15. The molecule has 6 nitrogen and oxygen atoms in total. The molecule has 1 fully saturated rings. The van der Waals surface area contributed by atoms with Crippen LogP contribution in [0.5, 0.6) is 0 Å². The molecular weight excluding hydrogens is 220 g/mol. The lowest BCUT2D eigenvalue weighted by Crippen LogP contribution is -2.68. The first-order valence-electron chi connectivity index (χ1n) is 5.76. The van der Waals surface area contributed by atoms with Gasteiger partial charge in [-0.1, -0.05) is 0 Å². The second-order valence-corrected chi connectivity index (χ2v) is 4.66. The Morgan fingerprint density at radius 1 is 1.71 bits per heavy atom. The van der Waals surface area contributed by atoms with Crippen LogP contribution in [0.25, 0.3) is 0 Å². The zero-order valence-electron chi connectivity index (χ0n) is 9.94. The molecule has 1 saturated heterocycles. The SMILES string of the molecule is Cc1cnn(CCNC2(CC(=O)O)CNC2)c1. The molecule has 0 amide bonds. The Balaban J connectivity index is 1.78. The van der Waals surface area contributed by atoms with Gasteiger partial charge in [0.05, 0.1) is 24.7 Å². The highest BCUT2D eigenvalue weighted by atomic mass is 16.4. The van der Waals surface area contributed by atoms with E-state index in [0.29, 0.717) is 0 Å². The Bertz CT molecular complexity index is 398. The standard InChI is InChI=1S/C11H18N4O2/c1-9-5-14-15(6-9)3-2-13-11(4-10(16)17)7-12-8-11/h5-6,12-13H,2-4,7-8H2,1H3,(H,16,17). The largest absolute Gasteiger partial charge is 0.481 e. The van der Waals surface area contributed by atoms with Crippen LogP contribution in [-0.4, -0.2) is 46.0 Å². The van der Waals surface area contributed by atoms with Crippen LogP contribution in [0.15, 0.2) is 12.4 Å². The van der Waals surface area contributed by atoms with Crippen molar-refractivity contribution in [3.63, 3.8) is 0 Å². The van der Waals surface area contributed by atoms with Crippen molar-refractivity contribution >= 4 is 5.97 Å². The maximum atomic E-state index is 10.8. The van der Waals surface area contributed by atoms with E-state index >= 15 is 0 Å². The minimum absolute atomic E-state index is 0.165. The van der Waals surface area contributed by atoms with Gasteiger partial charge in [-0.3, -0.25) is 9.48 Å². The lowest BCUT2D eigenvalue weighted by molar-refractivity contribution is -0.139. The average Bonchev–Trinajstić information content (AvgIpc) is 2.60. The number of aryl methyl sites for hydroxylation is 1. The van der Waals surface area contributed by atoms with Crippen molar-refractivity contribution < 1.29 is 9.90 Å². The number of hydrogen-bond acceptors (Lipinski definition) is 4. The van der Waals surface area contributed by atoms with Crippen LogP contribution in [0.4, 0.5) is 0 Å². The van der Waals surface area contributed by atoms with Gasteiger partial charge in [-0.15, -0.1) is 0 Å². The molecule has 1 aromatic heterocycles. The molecule has 0 radical (unpaired) electrons. The molecular formula is C11H18N4O2. The molecule has 0 saturated carbocycles. The molecule has 0 unspecified atom stereocenters. The molecule has 0 aromatic carbocycles. The van der Waals surface area contributed by atoms with Gasteiger partial charge >= 0.3 is 5.97 Å². The minimum atomic E-state index is -0.756. The van der Waals surface area contributed by atoms with Crippen LogP contribution in [-0.2, 0) is 11.3 Å². The van der Waals surface area contributed by atoms with Crippen molar-refractivity contribution in [2.75, 3.05) is 19.6 Å². The normalized spacial score (nSPS) is 17.7. The van der Waals surface area contributed by atoms with Crippen LogP contribution < -0.4 is 10.6 Å². The van der Waals surface area contributed by atoms with Crippen LogP contribution in [0, 0.1) is 6.92 Å². The van der Waals surface area contributed by atoms with E-state index in [0.717, 1.165) is 31.7 Å². The summed E-state index contributed by atoms with van der Waals surface area (Å²) >= 11 is 0. The molecule has 0 bridgehead atoms. The number of nitrogens with zero attached hydrogens (tertiary/aromatic N) is 2. The Hall–Kier alpha value is -1.40. The first-order chi connectivity index (χ1) is 8.10. The van der Waals surface area contributed by atoms with Crippen molar-refractivity contribution in [2.24, 2.45) is 0 Å². The van der Waals surface area contributed by atoms with Crippen LogP contribution in [0.2, 0.25) is 0 Å². The molecule has 1 aliphatic rings. The molecule has 1 aromatic rings. The van der Waals surface area contributed by atoms with Crippen LogP contribution >= 0.6 is 0 Å². The molecule has 6 heteroatoms. The summed E-state index contributed by atoms with van der Waals surface area (Å²) in [4.78, 5) is 10.8. The van der Waals surface area contributed by atoms with Crippen LogP contribution in [0.1, 0.15) is 12.0 Å². The fraction of sp³-hybridized carbons (Fsp3) is 0.636. The summed E-state index contributed by atoms with van der Waals surface area (Å²) < 4.78 is 1.86. The van der Waals surface area contributed by atoms with E-state index < -0.39 is 5.97 Å². The molecule has 0 atom stereocenters. The maximum Gasteiger partial charge on any atom is 0.305 e. The molecule has 2 heterocycles. The summed E-state index contributed by atoms with van der Waals surface area (Å²) in [6.45, 7) is 4.93. The van der Waals surface area contributed by atoms with E-state index in [2.05, 4.69) is 15.7 Å². The monoisotopic (exact) mass is 238 g/mol. The highest BCUT2D eigenvalue weighted by Gasteiger charge is 2.38. The summed E-state index contributed by atoms with van der Waals surface area (Å²) in [5, 5.41) is 19.5. The smallest absolute Gasteiger partial charge is 0.305 e. The van der Waals surface area contributed by atoms with Gasteiger partial charge in [0.1, 0.15) is 0 Å². The van der Waals surface area contributed by atoms with Gasteiger partial charge in [-0.25, -0.2) is 0 Å². The number of hydrogen-bond donors (Lipinski definition) is 3. The van der Waals surface area contributed by atoms with E-state index in [4.69, 9.17) is 5.11 Å². The summed E-state index contributed by atoms with van der Waals surface area (Å²) in [5.41, 5.74) is 0.865. The number of aliphatic carboxylic acids is 1. The van der Waals surface area contributed by atoms with E-state index in [9.17, 15) is 4.79 Å². The van der Waals surface area contributed by atoms with E-state index in [-0.39, 0.29) is 12.0 Å². The van der Waals surface area contributed by atoms with E-state index in [1.165, 1.54) is 0 Å². The molecule has 94 valence electrons. The Kier molecular flexibility index (Phi) is 3.44. The van der Waals surface area contributed by atoms with Crippen molar-refractivity contribution in [3.05, 3.63) is 18.0 Å². The van der Waals surface area contributed by atoms with Crippen molar-refractivity contribution in [3.8, 4) is 0 Å². The summed E-state index contributed by atoms with van der Waals surface area (Å²) in [5.74, 6) is -0.756. The predicted molar refractivity (Wildman–Crippen MR) is 62.8 cm³/mol. The Labute approximate surface area is 100 Å². The minimum Gasteiger partial charge on any atom is -0.481 e. The van der Waals surface area contributed by atoms with Gasteiger partial charge in [0.2, 0.25) is 0 Å². The lowest BCUT2D eigenvalue weighted by Gasteiger charge is -2.42. The van der Waals surface area contributed by atoms with Gasteiger partial charge in [0, 0.05) is 25.8 Å². The topological polar surface area (TPSA) is 79.2 Å². The molecule has 0 spiro atoms. The van der Waals surface area contributed by atoms with Gasteiger partial charge in [-0.05, 0) is 12.5 Å². The number of aromatic nitrogens is 2. The van der Waals surface area contributed by atoms with Gasteiger partial charge in [0.15, 0.2) is 0 Å². The summed E-state index contributed by atoms with van der Waals surface area (Å²) in [6, 6.07) is 0. The molecule has 0 aliphatic carbocycles. The predicted octanol–water partition coefficient (Wildman–Crippen LogP) is -0.402. The number of rotatable bonds is 6. The third kappa shape index (κ3) is 3.04. The highest BCUT2D eigenvalue weighted by molar-refractivity contribution is 5.68. The van der Waals surface area contributed by atoms with Gasteiger partial charge in [0.25, 0.3) is 0 Å². The molecule has 1 aliphatic heterocycles. The third-order valence-electron chi connectivity index (χ3n) is 3.02. The Morgan fingerprint density at radius 2 is 2.47 bits per heavy atom. The van der Waals surface area contributed by atoms with E-state index in [1.54, 1.807) is 0 Å². The maximum absolute atomic E-state index is 10.8. The summed E-state index contributed by atoms with van der Waals surface area (Å²) in [7, 11) is 0. The van der Waals surface area contributed by atoms with Crippen molar-refractivity contribution in [2.45, 2.75) is 25.4 Å². The second kappa shape index (κ2) is 4.85. The first kappa shape index (κ1) is 12.1. The number of nitrogens with one attached hydrogen (secondary N) is 2. The molecule has 2 rings (SSSR count). The van der Waals surface area contributed by atoms with E-state index in [1.807, 2.05) is 24.0 Å². The average molecular weight is 238 g/mol. The molecule has 3 N–H and O–H groups in total. The fourth-order valence-corrected chi connectivity index (χ4v) is 2.05. The number of carbonyl (C=O) groups is 1. The zero-order valence-corrected chi connectivity index (χ0v) is 9.94. The van der Waals surface area contributed by atoms with Gasteiger partial charge < -0.3 is 15.7 Å². The third-order valence-corrected chi connectivity index (χ3v) is 3.02. The number of carboxylic acid groups (broad SMARTS) is 1. The fourth-order valence-electron chi connectivity index (χ4n) is 2.05. The Morgan fingerprint density at radius 3 is 2.94 bits per heavy atom. The van der Waals surface area contributed by atoms with Gasteiger partial charge in [-0.2, -0.15) is 5.10 Å².